The van der Waals surface area contributed by atoms with Crippen LogP contribution in [0.25, 0.3) is 10.9 Å². The van der Waals surface area contributed by atoms with Crippen molar-refractivity contribution in [1.82, 2.24) is 23.5 Å². The summed E-state index contributed by atoms with van der Waals surface area (Å²) < 4.78 is 58.1. The summed E-state index contributed by atoms with van der Waals surface area (Å²) >= 11 is 0. The number of sulfonamides is 2. The number of oxazole rings is 1. The standard InChI is InChI=1S/C22H23N5O6S2/c1-3-15-4-5-17-16(12-15)13-20(23-17)35(31,32)26-10-8-25(9-11-26)22(28)21-24-18-6-7-27(34(2,29)30)14-19(18)33-21/h1,4-5,12-13,23H,6-11,14H2,2H3. The molecule has 0 radical (unpaired) electrons. The number of aromatic amines is 1. The first-order chi connectivity index (χ1) is 16.6. The van der Waals surface area contributed by atoms with Gasteiger partial charge in [-0.05, 0) is 24.3 Å². The predicted octanol–water partition coefficient (Wildman–Crippen LogP) is 0.602. The number of benzene rings is 1. The Kier molecular flexibility index (Phi) is 5.71. The van der Waals surface area contributed by atoms with Crippen LogP contribution >= 0.6 is 0 Å². The molecule has 2 aromatic heterocycles. The van der Waals surface area contributed by atoms with Crippen molar-refractivity contribution < 1.29 is 26.0 Å². The number of H-pyrrole nitrogens is 1. The van der Waals surface area contributed by atoms with E-state index in [0.717, 1.165) is 6.26 Å². The molecule has 1 aromatic carbocycles. The van der Waals surface area contributed by atoms with Crippen molar-refractivity contribution in [3.63, 3.8) is 0 Å². The molecule has 0 spiro atoms. The SMILES string of the molecule is C#Cc1ccc2[nH]c(S(=O)(=O)N3CCN(C(=O)c4nc5c(o4)CN(S(C)(=O)=O)CC5)CC3)cc2c1. The van der Waals surface area contributed by atoms with Gasteiger partial charge in [0.1, 0.15) is 10.8 Å². The molecule has 2 aliphatic rings. The Morgan fingerprint density at radius 3 is 2.51 bits per heavy atom. The van der Waals surface area contributed by atoms with Gasteiger partial charge in [0.05, 0.1) is 18.5 Å². The lowest BCUT2D eigenvalue weighted by Gasteiger charge is -2.33. The number of rotatable bonds is 4. The molecule has 3 aromatic rings. The highest BCUT2D eigenvalue weighted by Crippen LogP contribution is 2.25. The van der Waals surface area contributed by atoms with Gasteiger partial charge < -0.3 is 14.3 Å². The van der Waals surface area contributed by atoms with Gasteiger partial charge in [0, 0.05) is 55.6 Å². The maximum Gasteiger partial charge on any atom is 0.309 e. The number of fused-ring (bicyclic) bond motifs is 2. The van der Waals surface area contributed by atoms with E-state index in [1.165, 1.54) is 13.5 Å². The second-order valence-electron chi connectivity index (χ2n) is 8.51. The van der Waals surface area contributed by atoms with E-state index < -0.39 is 26.0 Å². The third-order valence-corrected chi connectivity index (χ3v) is 9.32. The van der Waals surface area contributed by atoms with E-state index in [0.29, 0.717) is 34.3 Å². The zero-order valence-electron chi connectivity index (χ0n) is 18.9. The van der Waals surface area contributed by atoms with E-state index >= 15 is 0 Å². The highest BCUT2D eigenvalue weighted by Gasteiger charge is 2.34. The summed E-state index contributed by atoms with van der Waals surface area (Å²) in [4.78, 5) is 21.6. The molecule has 1 amide bonds. The van der Waals surface area contributed by atoms with E-state index in [-0.39, 0.29) is 50.2 Å². The minimum absolute atomic E-state index is 0.0355. The van der Waals surface area contributed by atoms with Crippen molar-refractivity contribution in [3.05, 3.63) is 47.2 Å². The van der Waals surface area contributed by atoms with Crippen LogP contribution in [0.4, 0.5) is 0 Å². The summed E-state index contributed by atoms with van der Waals surface area (Å²) in [6, 6.07) is 6.77. The highest BCUT2D eigenvalue weighted by atomic mass is 32.2. The minimum Gasteiger partial charge on any atom is -0.436 e. The molecule has 184 valence electrons. The molecule has 35 heavy (non-hydrogen) atoms. The maximum atomic E-state index is 13.2. The van der Waals surface area contributed by atoms with Gasteiger partial charge in [0.15, 0.2) is 0 Å². The smallest absolute Gasteiger partial charge is 0.309 e. The van der Waals surface area contributed by atoms with E-state index in [9.17, 15) is 21.6 Å². The molecule has 2 aliphatic heterocycles. The minimum atomic E-state index is -3.79. The number of hydrogen-bond acceptors (Lipinski definition) is 7. The van der Waals surface area contributed by atoms with Crippen molar-refractivity contribution in [2.75, 3.05) is 39.0 Å². The fourth-order valence-corrected chi connectivity index (χ4v) is 6.50. The fraction of sp³-hybridized carbons (Fsp3) is 0.364. The fourth-order valence-electron chi connectivity index (χ4n) is 4.29. The molecule has 0 atom stereocenters. The topological polar surface area (TPSA) is 137 Å². The molecule has 13 heteroatoms. The second kappa shape index (κ2) is 8.49. The molecule has 1 N–H and O–H groups in total. The van der Waals surface area contributed by atoms with E-state index in [1.807, 2.05) is 0 Å². The Labute approximate surface area is 202 Å². The van der Waals surface area contributed by atoms with Gasteiger partial charge in [-0.25, -0.2) is 21.8 Å². The van der Waals surface area contributed by atoms with Crippen molar-refractivity contribution in [1.29, 1.82) is 0 Å². The summed E-state index contributed by atoms with van der Waals surface area (Å²) in [5.41, 5.74) is 1.89. The molecule has 0 aliphatic carbocycles. The van der Waals surface area contributed by atoms with Gasteiger partial charge in [0.25, 0.3) is 15.9 Å². The molecular formula is C22H23N5O6S2. The Morgan fingerprint density at radius 1 is 1.09 bits per heavy atom. The molecule has 0 bridgehead atoms. The normalized spacial score (nSPS) is 17.9. The largest absolute Gasteiger partial charge is 0.436 e. The number of aromatic nitrogens is 2. The number of terminal acetylenes is 1. The van der Waals surface area contributed by atoms with Gasteiger partial charge in [0.2, 0.25) is 10.0 Å². The molecule has 1 fully saturated rings. The Balaban J connectivity index is 1.27. The third-order valence-electron chi connectivity index (χ3n) is 6.25. The van der Waals surface area contributed by atoms with Crippen LogP contribution in [0.5, 0.6) is 0 Å². The van der Waals surface area contributed by atoms with Crippen LogP contribution in [0.2, 0.25) is 0 Å². The first-order valence-electron chi connectivity index (χ1n) is 10.9. The Morgan fingerprint density at radius 2 is 1.83 bits per heavy atom. The molecule has 4 heterocycles. The van der Waals surface area contributed by atoms with Gasteiger partial charge in [-0.2, -0.15) is 8.61 Å². The van der Waals surface area contributed by atoms with Crippen LogP contribution in [0.15, 0.2) is 33.7 Å². The van der Waals surface area contributed by atoms with Gasteiger partial charge >= 0.3 is 5.91 Å². The number of piperazine rings is 1. The Bertz CT molecular complexity index is 1570. The lowest BCUT2D eigenvalue weighted by molar-refractivity contribution is 0.0655. The number of nitrogens with one attached hydrogen (secondary N) is 1. The maximum absolute atomic E-state index is 13.2. The molecule has 5 rings (SSSR count). The summed E-state index contributed by atoms with van der Waals surface area (Å²) in [5.74, 6) is 2.33. The lowest BCUT2D eigenvalue weighted by Crippen LogP contribution is -2.50. The average Bonchev–Trinajstić information content (AvgIpc) is 3.46. The van der Waals surface area contributed by atoms with Crippen molar-refractivity contribution in [2.24, 2.45) is 0 Å². The first kappa shape index (κ1) is 23.6. The van der Waals surface area contributed by atoms with Gasteiger partial charge in [-0.15, -0.1) is 6.42 Å². The number of amides is 1. The first-order valence-corrected chi connectivity index (χ1v) is 14.2. The quantitative estimate of drug-likeness (QED) is 0.501. The van der Waals surface area contributed by atoms with Crippen LogP contribution in [0.3, 0.4) is 0 Å². The van der Waals surface area contributed by atoms with Crippen LogP contribution in [-0.4, -0.2) is 85.2 Å². The Hall–Kier alpha value is -3.18. The van der Waals surface area contributed by atoms with Gasteiger partial charge in [-0.3, -0.25) is 4.79 Å². The van der Waals surface area contributed by atoms with Crippen LogP contribution in [0, 0.1) is 12.3 Å². The van der Waals surface area contributed by atoms with E-state index in [1.54, 1.807) is 24.3 Å². The molecule has 1 saturated heterocycles. The van der Waals surface area contributed by atoms with Crippen LogP contribution in [0.1, 0.15) is 27.7 Å². The molecule has 0 saturated carbocycles. The summed E-state index contributed by atoms with van der Waals surface area (Å²) in [7, 11) is -7.17. The average molecular weight is 518 g/mol. The van der Waals surface area contributed by atoms with E-state index in [2.05, 4.69) is 15.9 Å². The highest BCUT2D eigenvalue weighted by molar-refractivity contribution is 7.89. The van der Waals surface area contributed by atoms with Crippen LogP contribution in [-0.2, 0) is 33.0 Å². The van der Waals surface area contributed by atoms with Crippen molar-refractivity contribution in [2.45, 2.75) is 18.0 Å². The summed E-state index contributed by atoms with van der Waals surface area (Å²) in [6.07, 6.45) is 6.91. The summed E-state index contributed by atoms with van der Waals surface area (Å²) in [6.45, 7) is 0.876. The zero-order valence-corrected chi connectivity index (χ0v) is 20.5. The summed E-state index contributed by atoms with van der Waals surface area (Å²) in [5, 5.41) is 0.771. The predicted molar refractivity (Wildman–Crippen MR) is 126 cm³/mol. The number of carbonyl (C=O) groups excluding carboxylic acids is 1. The van der Waals surface area contributed by atoms with Crippen molar-refractivity contribution in [3.8, 4) is 12.3 Å². The molecule has 11 nitrogen and oxygen atoms in total. The molecule has 0 unspecified atom stereocenters. The van der Waals surface area contributed by atoms with Gasteiger partial charge in [-0.1, -0.05) is 5.92 Å². The number of carbonyl (C=O) groups is 1. The molecular weight excluding hydrogens is 494 g/mol. The third kappa shape index (κ3) is 4.34. The van der Waals surface area contributed by atoms with Crippen LogP contribution < -0.4 is 0 Å². The second-order valence-corrected chi connectivity index (χ2v) is 12.4. The lowest BCUT2D eigenvalue weighted by atomic mass is 10.2. The monoisotopic (exact) mass is 517 g/mol. The number of hydrogen-bond donors (Lipinski definition) is 1. The van der Waals surface area contributed by atoms with Crippen molar-refractivity contribution >= 4 is 36.9 Å². The van der Waals surface area contributed by atoms with E-state index in [4.69, 9.17) is 10.8 Å². The zero-order chi connectivity index (χ0) is 25.0. The number of nitrogens with zero attached hydrogens (tertiary/aromatic N) is 4.